The summed E-state index contributed by atoms with van der Waals surface area (Å²) in [5.74, 6) is -12.4. The number of hydrogen-bond acceptors (Lipinski definition) is 16. The lowest BCUT2D eigenvalue weighted by Crippen LogP contribution is -2.60. The van der Waals surface area contributed by atoms with Crippen molar-refractivity contribution >= 4 is 71.1 Å². The van der Waals surface area contributed by atoms with Gasteiger partial charge in [-0.15, -0.1) is 0 Å². The van der Waals surface area contributed by atoms with E-state index in [4.69, 9.17) is 33.8 Å². The molecule has 0 aliphatic carbocycles. The zero-order valence-corrected chi connectivity index (χ0v) is 40.3. The number of aliphatic hydroxyl groups is 1. The molecule has 9 amide bonds. The fourth-order valence-corrected chi connectivity index (χ4v) is 6.67. The third-order valence-electron chi connectivity index (χ3n) is 10.8. The summed E-state index contributed by atoms with van der Waals surface area (Å²) in [6, 6.07) is -1.79. The number of nitrogens with one attached hydrogen (secondary N) is 7. The van der Waals surface area contributed by atoms with Gasteiger partial charge in [-0.3, -0.25) is 52.9 Å². The summed E-state index contributed by atoms with van der Waals surface area (Å²) in [5.41, 5.74) is 27.7. The minimum atomic E-state index is -1.72. The molecule has 8 atom stereocenters. The van der Waals surface area contributed by atoms with Gasteiger partial charge in [0, 0.05) is 38.6 Å². The van der Waals surface area contributed by atoms with Crippen molar-refractivity contribution in [2.45, 2.75) is 119 Å². The highest BCUT2D eigenvalue weighted by Crippen LogP contribution is 2.15. The number of carbonyl (C=O) groups is 11. The number of aliphatic hydroxyl groups excluding tert-OH is 1. The van der Waals surface area contributed by atoms with Gasteiger partial charge >= 0.3 is 11.9 Å². The van der Waals surface area contributed by atoms with Gasteiger partial charge in [-0.1, -0.05) is 24.3 Å². The van der Waals surface area contributed by atoms with E-state index in [2.05, 4.69) is 42.2 Å². The van der Waals surface area contributed by atoms with Crippen molar-refractivity contribution in [1.82, 2.24) is 37.2 Å². The number of nitrogens with zero attached hydrogens (tertiary/aromatic N) is 1. The van der Waals surface area contributed by atoms with Crippen molar-refractivity contribution < 1.29 is 78.3 Å². The number of nitrogens with two attached hydrogens (primary N) is 5. The van der Waals surface area contributed by atoms with Crippen LogP contribution in [0.25, 0.3) is 0 Å². The van der Waals surface area contributed by atoms with Gasteiger partial charge < -0.3 is 91.4 Å². The smallest absolute Gasteiger partial charge is 0.326 e. The zero-order chi connectivity index (χ0) is 55.7. The number of primary amides is 2. The number of benzene rings is 2. The molecular weight excluding hydrogens is 979 g/mol. The lowest BCUT2D eigenvalue weighted by Gasteiger charge is -2.27. The largest absolute Gasteiger partial charge is 0.508 e. The Morgan fingerprint density at radius 1 is 0.500 bits per heavy atom. The lowest BCUT2D eigenvalue weighted by atomic mass is 10.0. The van der Waals surface area contributed by atoms with Crippen LogP contribution in [0.5, 0.6) is 11.5 Å². The third kappa shape index (κ3) is 23.1. The quantitative estimate of drug-likeness (QED) is 0.0180. The van der Waals surface area contributed by atoms with Gasteiger partial charge in [0.1, 0.15) is 53.8 Å². The number of guanidine groups is 1. The molecule has 2 aromatic carbocycles. The molecule has 0 aromatic heterocycles. The van der Waals surface area contributed by atoms with Crippen LogP contribution in [-0.4, -0.2) is 158 Å². The molecule has 0 unspecified atom stereocenters. The number of aliphatic imine (C=N–C) groups is 1. The van der Waals surface area contributed by atoms with E-state index in [9.17, 15) is 73.2 Å². The predicted octanol–water partition coefficient (Wildman–Crippen LogP) is -5.85. The van der Waals surface area contributed by atoms with Crippen molar-refractivity contribution in [3.63, 3.8) is 0 Å². The number of carbonyl (C=O) groups excluding carboxylic acids is 9. The minimum absolute atomic E-state index is 0.0243. The second-order valence-electron chi connectivity index (χ2n) is 16.9. The maximum atomic E-state index is 14.3. The summed E-state index contributed by atoms with van der Waals surface area (Å²) < 4.78 is 0. The Morgan fingerprint density at radius 3 is 1.31 bits per heavy atom. The summed E-state index contributed by atoms with van der Waals surface area (Å²) in [6.45, 7) is 0.189. The van der Waals surface area contributed by atoms with Crippen molar-refractivity contribution in [1.29, 1.82) is 0 Å². The molecule has 0 aliphatic heterocycles. The number of rotatable bonds is 33. The number of aliphatic carboxylic acids is 2. The molecule has 0 heterocycles. The second-order valence-corrected chi connectivity index (χ2v) is 16.9. The van der Waals surface area contributed by atoms with Crippen LogP contribution in [0.15, 0.2) is 53.5 Å². The first kappa shape index (κ1) is 61.5. The monoisotopic (exact) mass is 1040 g/mol. The third-order valence-corrected chi connectivity index (χ3v) is 10.8. The van der Waals surface area contributed by atoms with E-state index >= 15 is 0 Å². The molecule has 22 N–H and O–H groups in total. The Balaban J connectivity index is 2.45. The van der Waals surface area contributed by atoms with Gasteiger partial charge in [-0.05, 0) is 74.4 Å². The summed E-state index contributed by atoms with van der Waals surface area (Å²) in [6.07, 6.45) is -3.31. The maximum Gasteiger partial charge on any atom is 0.326 e. The van der Waals surface area contributed by atoms with Crippen molar-refractivity contribution in [3.8, 4) is 11.5 Å². The molecule has 0 fully saturated rings. The first-order chi connectivity index (χ1) is 34.8. The molecule has 0 radical (unpaired) electrons. The van der Waals surface area contributed by atoms with Crippen LogP contribution in [0.1, 0.15) is 69.4 Å². The van der Waals surface area contributed by atoms with Crippen LogP contribution < -0.4 is 65.9 Å². The summed E-state index contributed by atoms with van der Waals surface area (Å²) in [4.78, 5) is 146. The van der Waals surface area contributed by atoms with Crippen LogP contribution in [0.4, 0.5) is 0 Å². The fraction of sp³-hybridized carbons (Fsp3) is 0.467. The number of phenolic OH excluding ortho intramolecular Hbond substituents is 2. The summed E-state index contributed by atoms with van der Waals surface area (Å²) in [5, 5.41) is 64.9. The van der Waals surface area contributed by atoms with Gasteiger partial charge in [-0.25, -0.2) is 4.79 Å². The highest BCUT2D eigenvalue weighted by molar-refractivity contribution is 5.98. The first-order valence-corrected chi connectivity index (χ1v) is 22.9. The highest BCUT2D eigenvalue weighted by Gasteiger charge is 2.34. The predicted molar refractivity (Wildman–Crippen MR) is 259 cm³/mol. The molecule has 0 aliphatic rings. The Bertz CT molecular complexity index is 2330. The van der Waals surface area contributed by atoms with E-state index in [1.54, 1.807) is 0 Å². The Hall–Kier alpha value is -8.60. The van der Waals surface area contributed by atoms with Gasteiger partial charge in [0.15, 0.2) is 5.96 Å². The summed E-state index contributed by atoms with van der Waals surface area (Å²) >= 11 is 0. The SMILES string of the molecule is C[C@H](NC(=O)[C@H](CCC(N)=O)NC(=O)[C@H](CO)NC(=O)[C@@H](N)CCC(=O)O)C(=O)N[C@@H](Cc1ccc(O)cc1)C(=O)N[C@@H](Cc1ccc(O)cc1)C(=O)N[C@@H](CCC(N)=O)C(=O)N[C@@H](CCCN=C(N)N)C(=O)O. The van der Waals surface area contributed by atoms with E-state index < -0.39 is 152 Å². The van der Waals surface area contributed by atoms with E-state index in [1.165, 1.54) is 55.5 Å². The number of carboxylic acids is 2. The number of amides is 9. The molecule has 0 saturated carbocycles. The number of aromatic hydroxyl groups is 2. The maximum absolute atomic E-state index is 14.3. The highest BCUT2D eigenvalue weighted by atomic mass is 16.4. The zero-order valence-electron chi connectivity index (χ0n) is 40.3. The van der Waals surface area contributed by atoms with E-state index in [0.717, 1.165) is 0 Å². The number of phenols is 2. The molecule has 2 aromatic rings. The van der Waals surface area contributed by atoms with Crippen LogP contribution >= 0.6 is 0 Å². The van der Waals surface area contributed by atoms with Crippen LogP contribution in [0, 0.1) is 0 Å². The molecule has 0 spiro atoms. The van der Waals surface area contributed by atoms with Gasteiger partial charge in [0.05, 0.1) is 12.6 Å². The van der Waals surface area contributed by atoms with Gasteiger partial charge in [-0.2, -0.15) is 0 Å². The molecule has 2 rings (SSSR count). The number of carboxylic acid groups (broad SMARTS) is 2. The Morgan fingerprint density at radius 2 is 0.892 bits per heavy atom. The van der Waals surface area contributed by atoms with E-state index in [-0.39, 0.29) is 56.1 Å². The Kier molecular flexibility index (Phi) is 25.8. The van der Waals surface area contributed by atoms with Crippen molar-refractivity contribution in [2.24, 2.45) is 33.7 Å². The minimum Gasteiger partial charge on any atom is -0.508 e. The molecule has 0 bridgehead atoms. The molecule has 74 heavy (non-hydrogen) atoms. The van der Waals surface area contributed by atoms with Gasteiger partial charge in [0.2, 0.25) is 53.2 Å². The van der Waals surface area contributed by atoms with Crippen molar-refractivity contribution in [3.05, 3.63) is 59.7 Å². The Labute approximate surface area is 423 Å². The first-order valence-electron chi connectivity index (χ1n) is 22.9. The lowest BCUT2D eigenvalue weighted by molar-refractivity contribution is -0.142. The number of hydrogen-bond donors (Lipinski definition) is 17. The fourth-order valence-electron chi connectivity index (χ4n) is 6.67. The van der Waals surface area contributed by atoms with Gasteiger partial charge in [0.25, 0.3) is 0 Å². The standard InChI is InChI=1S/C45H65N13O16/c1-22(52-39(68)28(13-15-34(47)62)54-43(72)33(21-59)58-38(67)27(46)12-17-36(64)65)37(66)56-31(19-23-4-8-25(60)9-5-23)42(71)57-32(20-24-6-10-26(61)11-7-24)41(70)53-29(14-16-35(48)63)40(69)55-30(44(73)74)3-2-18-51-45(49)50/h4-11,22,27-33,59-61H,2-3,12-21,46H2,1H3,(H2,47,62)(H2,48,63)(H,52,68)(H,53,70)(H,54,72)(H,55,69)(H,56,66)(H,57,71)(H,58,67)(H,64,65)(H,73,74)(H4,49,50,51)/t22-,27-,28-,29-,30-,31-,32-,33-/m0/s1. The molecule has 406 valence electrons. The van der Waals surface area contributed by atoms with Crippen LogP contribution in [0.3, 0.4) is 0 Å². The molecule has 0 saturated heterocycles. The molecule has 29 nitrogen and oxygen atoms in total. The average molecular weight is 1040 g/mol. The average Bonchev–Trinajstić information content (AvgIpc) is 3.33. The van der Waals surface area contributed by atoms with Crippen molar-refractivity contribution in [2.75, 3.05) is 13.2 Å². The normalized spacial score (nSPS) is 14.0. The molecular formula is C45H65N13O16. The summed E-state index contributed by atoms with van der Waals surface area (Å²) in [7, 11) is 0. The molecule has 29 heteroatoms. The van der Waals surface area contributed by atoms with E-state index in [1.807, 2.05) is 0 Å². The van der Waals surface area contributed by atoms with E-state index in [0.29, 0.717) is 11.1 Å². The second kappa shape index (κ2) is 31.0. The van der Waals surface area contributed by atoms with Crippen LogP contribution in [0.2, 0.25) is 0 Å². The topological polar surface area (TPSA) is 516 Å². The van der Waals surface area contributed by atoms with Crippen LogP contribution in [-0.2, 0) is 65.6 Å².